The second kappa shape index (κ2) is 23.2. The Morgan fingerprint density at radius 2 is 1.52 bits per heavy atom. The van der Waals surface area contributed by atoms with Crippen molar-refractivity contribution in [2.75, 3.05) is 101 Å². The van der Waals surface area contributed by atoms with Crippen LogP contribution in [0.15, 0.2) is 117 Å². The molecule has 1 unspecified atom stereocenters. The van der Waals surface area contributed by atoms with Gasteiger partial charge in [-0.3, -0.25) is 19.2 Å². The summed E-state index contributed by atoms with van der Waals surface area (Å²) in [4.78, 5) is 33.0. The first-order valence-corrected chi connectivity index (χ1v) is 30.1. The highest BCUT2D eigenvalue weighted by Gasteiger charge is 2.31. The molecule has 4 aromatic carbocycles. The lowest BCUT2D eigenvalue weighted by Crippen LogP contribution is -2.47. The number of sulfone groups is 1. The molecule has 0 bridgehead atoms. The quantitative estimate of drug-likeness (QED) is 0.0570. The van der Waals surface area contributed by atoms with E-state index in [9.17, 15) is 31.1 Å². The molecule has 2 heterocycles. The molecule has 0 spiro atoms. The molecule has 0 saturated carbocycles. The minimum Gasteiger partial charge on any atom is -0.380 e. The molecule has 4 aromatic rings. The third-order valence-electron chi connectivity index (χ3n) is 13.1. The van der Waals surface area contributed by atoms with Gasteiger partial charge in [0.25, 0.3) is 15.9 Å². The van der Waals surface area contributed by atoms with Crippen LogP contribution in [0, 0.1) is 5.41 Å². The van der Waals surface area contributed by atoms with Gasteiger partial charge in [-0.15, -0.1) is 11.8 Å². The minimum absolute atomic E-state index is 0.0192. The van der Waals surface area contributed by atoms with Crippen LogP contribution < -0.4 is 14.9 Å². The molecule has 374 valence electrons. The van der Waals surface area contributed by atoms with E-state index in [4.69, 9.17) is 16.1 Å². The maximum Gasteiger partial charge on any atom is 0.341 e. The second-order valence-corrected chi connectivity index (χ2v) is 26.0. The molecule has 1 amide bonds. The number of allylic oxidation sites excluding steroid dienone is 1. The molecule has 2 fully saturated rings. The van der Waals surface area contributed by atoms with Crippen LogP contribution in [0.25, 0.3) is 5.57 Å². The van der Waals surface area contributed by atoms with Gasteiger partial charge in [-0.05, 0) is 116 Å². The SMILES string of the molecule is CCOP(=O)(O)CN1CCN(CC[C@H](CSc2ccccc2)Nc2ccc(S(=O)(=O)NC(=O)c3ccc(N4CCN(CC5=C(c6ccc(Cl)cc6)CCC(C)(C)C5)CC4)cc3)cc2S(C)(=O)=O)CC1. The normalized spacial score (nSPS) is 19.0. The van der Waals surface area contributed by atoms with Gasteiger partial charge in [-0.25, -0.2) is 21.6 Å². The highest BCUT2D eigenvalue weighted by atomic mass is 35.5. The van der Waals surface area contributed by atoms with E-state index >= 15 is 0 Å². The zero-order chi connectivity index (χ0) is 49.4. The summed E-state index contributed by atoms with van der Waals surface area (Å²) in [5.74, 6) is -0.239. The van der Waals surface area contributed by atoms with Crippen molar-refractivity contribution < 1.29 is 35.6 Å². The number of carbonyl (C=O) groups excluding carboxylic acids is 1. The Labute approximate surface area is 418 Å². The Kier molecular flexibility index (Phi) is 17.9. The smallest absolute Gasteiger partial charge is 0.341 e. The van der Waals surface area contributed by atoms with E-state index in [1.165, 1.54) is 28.8 Å². The summed E-state index contributed by atoms with van der Waals surface area (Å²) in [7, 11) is -12.1. The molecule has 69 heavy (non-hydrogen) atoms. The number of sulfonamides is 1. The van der Waals surface area contributed by atoms with E-state index < -0.39 is 33.4 Å². The van der Waals surface area contributed by atoms with Gasteiger partial charge in [0, 0.05) is 105 Å². The molecule has 3 aliphatic rings. The first-order valence-electron chi connectivity index (χ1n) is 23.6. The number of rotatable bonds is 20. The number of nitrogens with one attached hydrogen (secondary N) is 2. The van der Waals surface area contributed by atoms with E-state index in [0.29, 0.717) is 44.9 Å². The van der Waals surface area contributed by atoms with Crippen molar-refractivity contribution in [1.29, 1.82) is 0 Å². The van der Waals surface area contributed by atoms with Crippen molar-refractivity contribution in [3.05, 3.63) is 119 Å². The number of nitrogens with zero attached hydrogens (tertiary/aromatic N) is 4. The molecular formula is C50H66ClN6O8PS3. The fraction of sp³-hybridized carbons (Fsp3) is 0.460. The molecule has 2 aliphatic heterocycles. The van der Waals surface area contributed by atoms with Gasteiger partial charge in [-0.2, -0.15) is 0 Å². The van der Waals surface area contributed by atoms with Crippen LogP contribution in [0.3, 0.4) is 0 Å². The number of amides is 1. The van der Waals surface area contributed by atoms with Crippen LogP contribution in [-0.4, -0.2) is 139 Å². The summed E-state index contributed by atoms with van der Waals surface area (Å²) in [6.45, 7) is 14.1. The van der Waals surface area contributed by atoms with E-state index in [0.717, 1.165) is 79.9 Å². The van der Waals surface area contributed by atoms with Gasteiger partial charge >= 0.3 is 7.60 Å². The number of halogens is 1. The van der Waals surface area contributed by atoms with Crippen molar-refractivity contribution in [2.45, 2.75) is 67.2 Å². The lowest BCUT2D eigenvalue weighted by molar-refractivity contribution is 0.0981. The van der Waals surface area contributed by atoms with Gasteiger partial charge in [0.2, 0.25) is 0 Å². The molecular weight excluding hydrogens is 975 g/mol. The minimum atomic E-state index is -4.48. The van der Waals surface area contributed by atoms with E-state index in [1.807, 2.05) is 59.5 Å². The molecule has 1 aliphatic carbocycles. The van der Waals surface area contributed by atoms with Gasteiger partial charge < -0.3 is 24.5 Å². The summed E-state index contributed by atoms with van der Waals surface area (Å²) in [6, 6.07) is 28.5. The summed E-state index contributed by atoms with van der Waals surface area (Å²) in [5.41, 5.74) is 5.77. The number of thioether (sulfide) groups is 1. The monoisotopic (exact) mass is 1040 g/mol. The maximum atomic E-state index is 13.7. The van der Waals surface area contributed by atoms with Gasteiger partial charge in [0.05, 0.1) is 22.1 Å². The number of piperazine rings is 2. The van der Waals surface area contributed by atoms with E-state index in [2.05, 4.69) is 50.7 Å². The standard InChI is InChI=1S/C50H66ClN6O8PS3/c1-5-65-66(59,60)37-56-27-25-54(26-28-56)24-22-42(36-67-44-9-7-6-8-10-44)52-47-20-19-45(33-48(47)68(4,61)62)69(63,64)53-49(58)39-13-17-43(18-14-39)57-31-29-55(30-32-57)35-40-34-50(2,3)23-21-46(40)38-11-15-41(51)16-12-38/h6-20,33,42,52H,5,21-32,34-37H2,1-4H3,(H,53,58)(H,59,60)/t42-/m1/s1. The molecule has 2 saturated heterocycles. The number of carbonyl (C=O) groups is 1. The molecule has 0 radical (unpaired) electrons. The van der Waals surface area contributed by atoms with Crippen LogP contribution in [0.5, 0.6) is 0 Å². The van der Waals surface area contributed by atoms with E-state index in [1.54, 1.807) is 30.8 Å². The van der Waals surface area contributed by atoms with E-state index in [-0.39, 0.29) is 45.4 Å². The molecule has 2 atom stereocenters. The lowest BCUT2D eigenvalue weighted by Gasteiger charge is -2.39. The summed E-state index contributed by atoms with van der Waals surface area (Å²) >= 11 is 7.83. The fourth-order valence-electron chi connectivity index (χ4n) is 9.28. The maximum absolute atomic E-state index is 13.7. The van der Waals surface area contributed by atoms with Crippen molar-refractivity contribution in [3.63, 3.8) is 0 Å². The summed E-state index contributed by atoms with van der Waals surface area (Å²) in [5, 5.41) is 4.15. The van der Waals surface area contributed by atoms with Crippen LogP contribution in [0.4, 0.5) is 11.4 Å². The largest absolute Gasteiger partial charge is 0.380 e. The van der Waals surface area contributed by atoms with Gasteiger partial charge in [0.15, 0.2) is 9.84 Å². The first-order chi connectivity index (χ1) is 32.8. The van der Waals surface area contributed by atoms with Crippen LogP contribution in [0.1, 0.15) is 62.4 Å². The van der Waals surface area contributed by atoms with Crippen LogP contribution in [0.2, 0.25) is 5.02 Å². The molecule has 7 rings (SSSR count). The highest BCUT2D eigenvalue weighted by Crippen LogP contribution is 2.44. The Bertz CT molecular complexity index is 2700. The second-order valence-electron chi connectivity index (χ2n) is 19.0. The van der Waals surface area contributed by atoms with Crippen molar-refractivity contribution in [2.24, 2.45) is 5.41 Å². The van der Waals surface area contributed by atoms with Crippen molar-refractivity contribution in [1.82, 2.24) is 19.4 Å². The van der Waals surface area contributed by atoms with Gasteiger partial charge in [0.1, 0.15) is 6.29 Å². The Balaban J connectivity index is 0.968. The Morgan fingerprint density at radius 1 is 0.870 bits per heavy atom. The number of hydrogen-bond donors (Lipinski definition) is 3. The molecule has 0 aromatic heterocycles. The lowest BCUT2D eigenvalue weighted by atomic mass is 9.73. The molecule has 3 N–H and O–H groups in total. The topological polar surface area (TPSA) is 169 Å². The number of anilines is 2. The first kappa shape index (κ1) is 53.1. The van der Waals surface area contributed by atoms with Crippen LogP contribution >= 0.6 is 31.0 Å². The third-order valence-corrected chi connectivity index (χ3v) is 18.4. The predicted octanol–water partition coefficient (Wildman–Crippen LogP) is 8.41. The van der Waals surface area contributed by atoms with Crippen LogP contribution in [-0.2, 0) is 28.9 Å². The van der Waals surface area contributed by atoms with Gasteiger partial charge in [-0.1, -0.05) is 61.4 Å². The average Bonchev–Trinajstić information content (AvgIpc) is 3.30. The third kappa shape index (κ3) is 15.1. The zero-order valence-electron chi connectivity index (χ0n) is 40.0. The molecule has 14 nitrogen and oxygen atoms in total. The number of benzene rings is 4. The van der Waals surface area contributed by atoms with Crippen molar-refractivity contribution in [3.8, 4) is 0 Å². The predicted molar refractivity (Wildman–Crippen MR) is 279 cm³/mol. The average molecular weight is 1040 g/mol. The summed E-state index contributed by atoms with van der Waals surface area (Å²) < 4.78 is 73.5. The fourth-order valence-corrected chi connectivity index (χ4v) is 13.6. The number of hydrogen-bond acceptors (Lipinski definition) is 13. The highest BCUT2D eigenvalue weighted by molar-refractivity contribution is 7.99. The zero-order valence-corrected chi connectivity index (χ0v) is 44.1. The summed E-state index contributed by atoms with van der Waals surface area (Å²) in [6.07, 6.45) is 4.89. The molecule has 19 heteroatoms. The van der Waals surface area contributed by atoms with Crippen molar-refractivity contribution >= 4 is 73.7 Å². The Hall–Kier alpha value is -3.74. The Morgan fingerprint density at radius 3 is 2.17 bits per heavy atom.